The Kier molecular flexibility index (Phi) is 3.75. The molecule has 1 aromatic carbocycles. The largest absolute Gasteiger partial charge is 0.324 e. The van der Waals surface area contributed by atoms with Crippen molar-refractivity contribution in [2.24, 2.45) is 11.1 Å². The summed E-state index contributed by atoms with van der Waals surface area (Å²) in [5, 5.41) is 0.862. The van der Waals surface area contributed by atoms with E-state index in [1.54, 1.807) is 0 Å². The van der Waals surface area contributed by atoms with Crippen LogP contribution in [0.25, 0.3) is 0 Å². The lowest BCUT2D eigenvalue weighted by Crippen LogP contribution is -2.56. The molecule has 0 aliphatic heterocycles. The van der Waals surface area contributed by atoms with Crippen LogP contribution in [0, 0.1) is 12.3 Å². The Morgan fingerprint density at radius 2 is 1.89 bits per heavy atom. The summed E-state index contributed by atoms with van der Waals surface area (Å²) < 4.78 is 0. The van der Waals surface area contributed by atoms with E-state index in [1.165, 1.54) is 30.4 Å². The summed E-state index contributed by atoms with van der Waals surface area (Å²) in [6.07, 6.45) is 5.74. The monoisotopic (exact) mass is 265 g/mol. The maximum Gasteiger partial charge on any atom is 0.0441 e. The van der Waals surface area contributed by atoms with Crippen LogP contribution in [0.3, 0.4) is 0 Å². The molecule has 0 aromatic heterocycles. The third kappa shape index (κ3) is 2.57. The van der Waals surface area contributed by atoms with E-state index in [9.17, 15) is 0 Å². The van der Waals surface area contributed by atoms with Crippen LogP contribution in [-0.4, -0.2) is 5.54 Å². The summed E-state index contributed by atoms with van der Waals surface area (Å²) in [7, 11) is 0. The van der Waals surface area contributed by atoms with Crippen molar-refractivity contribution in [3.63, 3.8) is 0 Å². The fourth-order valence-corrected chi connectivity index (χ4v) is 3.36. The standard InChI is InChI=1S/C16H24ClN/c1-12-6-7-13(14(17)10-12)11-16(18)9-5-4-8-15(16,2)3/h6-7,10H,4-5,8-9,11,18H2,1-3H3. The van der Waals surface area contributed by atoms with E-state index in [2.05, 4.69) is 32.9 Å². The average molecular weight is 266 g/mol. The van der Waals surface area contributed by atoms with Gasteiger partial charge in [0.1, 0.15) is 0 Å². The molecule has 18 heavy (non-hydrogen) atoms. The zero-order chi connectivity index (χ0) is 13.4. The molecule has 1 fully saturated rings. The Hall–Kier alpha value is -0.530. The van der Waals surface area contributed by atoms with E-state index < -0.39 is 0 Å². The molecule has 1 aliphatic rings. The van der Waals surface area contributed by atoms with Crippen molar-refractivity contribution in [2.45, 2.75) is 58.4 Å². The first kappa shape index (κ1) is 13.9. The lowest BCUT2D eigenvalue weighted by molar-refractivity contribution is 0.0990. The molecule has 0 amide bonds. The molecule has 2 heteroatoms. The predicted molar refractivity (Wildman–Crippen MR) is 79.1 cm³/mol. The fourth-order valence-electron chi connectivity index (χ4n) is 3.06. The van der Waals surface area contributed by atoms with Crippen molar-refractivity contribution in [2.75, 3.05) is 0 Å². The molecule has 2 N–H and O–H groups in total. The number of aryl methyl sites for hydroxylation is 1. The van der Waals surface area contributed by atoms with E-state index >= 15 is 0 Å². The molecule has 1 aromatic rings. The van der Waals surface area contributed by atoms with Crippen LogP contribution >= 0.6 is 11.6 Å². The van der Waals surface area contributed by atoms with E-state index in [0.717, 1.165) is 17.9 Å². The highest BCUT2D eigenvalue weighted by Gasteiger charge is 2.43. The maximum absolute atomic E-state index is 6.72. The van der Waals surface area contributed by atoms with Crippen molar-refractivity contribution in [1.82, 2.24) is 0 Å². The van der Waals surface area contributed by atoms with Crippen molar-refractivity contribution >= 4 is 11.6 Å². The van der Waals surface area contributed by atoms with Gasteiger partial charge in [-0.2, -0.15) is 0 Å². The van der Waals surface area contributed by atoms with E-state index in [-0.39, 0.29) is 11.0 Å². The molecule has 100 valence electrons. The SMILES string of the molecule is Cc1ccc(CC2(N)CCCCC2(C)C)c(Cl)c1. The number of benzene rings is 1. The molecule has 1 atom stereocenters. The van der Waals surface area contributed by atoms with Crippen molar-refractivity contribution in [3.8, 4) is 0 Å². The second kappa shape index (κ2) is 4.86. The molecular weight excluding hydrogens is 242 g/mol. The Bertz CT molecular complexity index is 439. The van der Waals surface area contributed by atoms with Gasteiger partial charge in [-0.15, -0.1) is 0 Å². The summed E-state index contributed by atoms with van der Waals surface area (Å²) in [5.41, 5.74) is 9.19. The third-order valence-corrected chi connectivity index (χ3v) is 5.09. The topological polar surface area (TPSA) is 26.0 Å². The van der Waals surface area contributed by atoms with Gasteiger partial charge < -0.3 is 5.73 Å². The first-order valence-corrected chi connectivity index (χ1v) is 7.26. The van der Waals surface area contributed by atoms with Crippen molar-refractivity contribution < 1.29 is 0 Å². The van der Waals surface area contributed by atoms with Crippen LogP contribution in [-0.2, 0) is 6.42 Å². The predicted octanol–water partition coefficient (Wildman–Crippen LogP) is 4.49. The van der Waals surface area contributed by atoms with Gasteiger partial charge in [-0.1, -0.05) is 50.4 Å². The molecule has 0 spiro atoms. The molecule has 0 heterocycles. The number of hydrogen-bond acceptors (Lipinski definition) is 1. The van der Waals surface area contributed by atoms with E-state index in [0.29, 0.717) is 0 Å². The van der Waals surface area contributed by atoms with Crippen molar-refractivity contribution in [3.05, 3.63) is 34.3 Å². The molecule has 2 rings (SSSR count). The van der Waals surface area contributed by atoms with Crippen LogP contribution in [0.2, 0.25) is 5.02 Å². The van der Waals surface area contributed by atoms with Gasteiger partial charge in [0.25, 0.3) is 0 Å². The second-order valence-electron chi connectivity index (χ2n) is 6.52. The average Bonchev–Trinajstić information content (AvgIpc) is 2.27. The van der Waals surface area contributed by atoms with Gasteiger partial charge in [-0.3, -0.25) is 0 Å². The Morgan fingerprint density at radius 1 is 1.22 bits per heavy atom. The molecule has 1 nitrogen and oxygen atoms in total. The highest BCUT2D eigenvalue weighted by Crippen LogP contribution is 2.44. The summed E-state index contributed by atoms with van der Waals surface area (Å²) in [5.74, 6) is 0. The summed E-state index contributed by atoms with van der Waals surface area (Å²) in [4.78, 5) is 0. The number of halogens is 1. The van der Waals surface area contributed by atoms with Gasteiger partial charge in [0.15, 0.2) is 0 Å². The zero-order valence-corrected chi connectivity index (χ0v) is 12.5. The van der Waals surface area contributed by atoms with Crippen LogP contribution in [0.15, 0.2) is 18.2 Å². The third-order valence-electron chi connectivity index (χ3n) is 4.74. The Labute approximate surface area is 116 Å². The minimum atomic E-state index is -0.121. The van der Waals surface area contributed by atoms with Crippen LogP contribution in [0.5, 0.6) is 0 Å². The van der Waals surface area contributed by atoms with Crippen LogP contribution in [0.4, 0.5) is 0 Å². The second-order valence-corrected chi connectivity index (χ2v) is 6.93. The van der Waals surface area contributed by atoms with Crippen molar-refractivity contribution in [1.29, 1.82) is 0 Å². The quantitative estimate of drug-likeness (QED) is 0.838. The molecule has 0 bridgehead atoms. The fraction of sp³-hybridized carbons (Fsp3) is 0.625. The van der Waals surface area contributed by atoms with Gasteiger partial charge >= 0.3 is 0 Å². The molecule has 0 saturated heterocycles. The number of rotatable bonds is 2. The normalized spacial score (nSPS) is 27.2. The van der Waals surface area contributed by atoms with E-state index in [1.807, 2.05) is 6.07 Å². The molecule has 1 unspecified atom stereocenters. The first-order valence-electron chi connectivity index (χ1n) is 6.88. The molecular formula is C16H24ClN. The minimum Gasteiger partial charge on any atom is -0.324 e. The van der Waals surface area contributed by atoms with Crippen LogP contribution in [0.1, 0.15) is 50.7 Å². The first-order chi connectivity index (χ1) is 8.34. The van der Waals surface area contributed by atoms with Crippen LogP contribution < -0.4 is 5.73 Å². The maximum atomic E-state index is 6.72. The zero-order valence-electron chi connectivity index (χ0n) is 11.7. The number of hydrogen-bond donors (Lipinski definition) is 1. The molecule has 1 aliphatic carbocycles. The smallest absolute Gasteiger partial charge is 0.0441 e. The van der Waals surface area contributed by atoms with Gasteiger partial charge in [-0.25, -0.2) is 0 Å². The van der Waals surface area contributed by atoms with Gasteiger partial charge in [-0.05, 0) is 48.8 Å². The lowest BCUT2D eigenvalue weighted by atomic mass is 9.61. The summed E-state index contributed by atoms with van der Waals surface area (Å²) in [6, 6.07) is 6.30. The van der Waals surface area contributed by atoms with Gasteiger partial charge in [0, 0.05) is 10.6 Å². The minimum absolute atomic E-state index is 0.121. The number of nitrogens with two attached hydrogens (primary N) is 1. The highest BCUT2D eigenvalue weighted by atomic mass is 35.5. The summed E-state index contributed by atoms with van der Waals surface area (Å²) in [6.45, 7) is 6.67. The molecule has 0 radical (unpaired) electrons. The summed E-state index contributed by atoms with van der Waals surface area (Å²) >= 11 is 6.35. The lowest BCUT2D eigenvalue weighted by Gasteiger charge is -2.48. The molecule has 1 saturated carbocycles. The van der Waals surface area contributed by atoms with Gasteiger partial charge in [0.05, 0.1) is 0 Å². The van der Waals surface area contributed by atoms with E-state index in [4.69, 9.17) is 17.3 Å². The Balaban J connectivity index is 2.26. The Morgan fingerprint density at radius 3 is 2.50 bits per heavy atom. The highest BCUT2D eigenvalue weighted by molar-refractivity contribution is 6.31. The van der Waals surface area contributed by atoms with Gasteiger partial charge in [0.2, 0.25) is 0 Å².